The highest BCUT2D eigenvalue weighted by Crippen LogP contribution is 2.23. The molecule has 1 fully saturated rings. The van der Waals surface area contributed by atoms with E-state index in [1.165, 1.54) is 19.3 Å². The van der Waals surface area contributed by atoms with Crippen molar-refractivity contribution in [1.82, 2.24) is 20.7 Å². The quantitative estimate of drug-likeness (QED) is 0.889. The fraction of sp³-hybridized carbons (Fsp3) is 0.438. The first-order valence-electron chi connectivity index (χ1n) is 7.71. The number of benzene rings is 1. The van der Waals surface area contributed by atoms with Gasteiger partial charge in [0.1, 0.15) is 11.4 Å². The Kier molecular flexibility index (Phi) is 4.68. The van der Waals surface area contributed by atoms with Crippen molar-refractivity contribution in [2.45, 2.75) is 44.8 Å². The third kappa shape index (κ3) is 3.84. The molecule has 0 saturated heterocycles. The van der Waals surface area contributed by atoms with Crippen LogP contribution in [0.3, 0.4) is 0 Å². The van der Waals surface area contributed by atoms with E-state index in [1.54, 1.807) is 18.3 Å². The lowest BCUT2D eigenvalue weighted by Crippen LogP contribution is -2.23. The smallest absolute Gasteiger partial charge is 0.251 e. The van der Waals surface area contributed by atoms with Crippen LogP contribution >= 0.6 is 0 Å². The van der Waals surface area contributed by atoms with Crippen LogP contribution in [0.5, 0.6) is 5.75 Å². The van der Waals surface area contributed by atoms with Crippen LogP contribution in [0.4, 0.5) is 0 Å². The number of amides is 1. The second-order valence-corrected chi connectivity index (χ2v) is 5.55. The van der Waals surface area contributed by atoms with Crippen LogP contribution in [-0.2, 0) is 6.54 Å². The van der Waals surface area contributed by atoms with Crippen molar-refractivity contribution in [3.05, 3.63) is 41.7 Å². The highest BCUT2D eigenvalue weighted by atomic mass is 16.5. The number of carbonyl (C=O) groups is 1. The van der Waals surface area contributed by atoms with Crippen molar-refractivity contribution in [1.29, 1.82) is 0 Å². The standard InChI is InChI=1S/C16H20N4O2/c21-16(17-10-13-11-18-20-19-13)12-5-4-8-15(9-12)22-14-6-2-1-3-7-14/h4-5,8-9,11,14H,1-3,6-7,10H2,(H,17,21)(H,18,19,20). The predicted octanol–water partition coefficient (Wildman–Crippen LogP) is 2.45. The van der Waals surface area contributed by atoms with Gasteiger partial charge in [-0.25, -0.2) is 0 Å². The summed E-state index contributed by atoms with van der Waals surface area (Å²) in [5, 5.41) is 12.9. The number of aromatic amines is 1. The van der Waals surface area contributed by atoms with Crippen molar-refractivity contribution in [2.75, 3.05) is 0 Å². The fourth-order valence-corrected chi connectivity index (χ4v) is 2.67. The molecule has 1 aromatic carbocycles. The Labute approximate surface area is 129 Å². The predicted molar refractivity (Wildman–Crippen MR) is 81.5 cm³/mol. The Hall–Kier alpha value is -2.37. The van der Waals surface area contributed by atoms with E-state index < -0.39 is 0 Å². The van der Waals surface area contributed by atoms with Crippen LogP contribution in [0.2, 0.25) is 0 Å². The molecule has 0 radical (unpaired) electrons. The molecular formula is C16H20N4O2. The molecule has 0 aliphatic heterocycles. The average molecular weight is 300 g/mol. The van der Waals surface area contributed by atoms with Gasteiger partial charge in [0.05, 0.1) is 18.8 Å². The Bertz CT molecular complexity index is 606. The Balaban J connectivity index is 1.58. The Morgan fingerprint density at radius 2 is 2.18 bits per heavy atom. The molecule has 1 aliphatic rings. The maximum Gasteiger partial charge on any atom is 0.251 e. The molecule has 22 heavy (non-hydrogen) atoms. The van der Waals surface area contributed by atoms with E-state index in [9.17, 15) is 4.79 Å². The van der Waals surface area contributed by atoms with Gasteiger partial charge < -0.3 is 10.1 Å². The van der Waals surface area contributed by atoms with Crippen molar-refractivity contribution < 1.29 is 9.53 Å². The number of rotatable bonds is 5. The van der Waals surface area contributed by atoms with Crippen LogP contribution in [0, 0.1) is 0 Å². The monoisotopic (exact) mass is 300 g/mol. The number of nitrogens with one attached hydrogen (secondary N) is 2. The van der Waals surface area contributed by atoms with Crippen LogP contribution in [0.15, 0.2) is 30.5 Å². The molecule has 1 aliphatic carbocycles. The molecule has 2 aromatic rings. The zero-order valence-corrected chi connectivity index (χ0v) is 12.4. The van der Waals surface area contributed by atoms with Crippen LogP contribution in [-0.4, -0.2) is 27.4 Å². The maximum atomic E-state index is 12.2. The SMILES string of the molecule is O=C(NCc1cn[nH]n1)c1cccc(OC2CCCCC2)c1. The van der Waals surface area contributed by atoms with Crippen molar-refractivity contribution >= 4 is 5.91 Å². The first kappa shape index (κ1) is 14.6. The maximum absolute atomic E-state index is 12.2. The summed E-state index contributed by atoms with van der Waals surface area (Å²) in [6.45, 7) is 0.350. The third-order valence-corrected chi connectivity index (χ3v) is 3.85. The highest BCUT2D eigenvalue weighted by Gasteiger charge is 2.15. The molecular weight excluding hydrogens is 280 g/mol. The first-order valence-corrected chi connectivity index (χ1v) is 7.71. The topological polar surface area (TPSA) is 79.9 Å². The zero-order valence-electron chi connectivity index (χ0n) is 12.4. The molecule has 6 nitrogen and oxygen atoms in total. The number of hydrogen-bond donors (Lipinski definition) is 2. The molecule has 0 unspecified atom stereocenters. The minimum absolute atomic E-state index is 0.142. The molecule has 1 aromatic heterocycles. The lowest BCUT2D eigenvalue weighted by Gasteiger charge is -2.23. The molecule has 1 heterocycles. The van der Waals surface area contributed by atoms with Gasteiger partial charge in [0.25, 0.3) is 5.91 Å². The Morgan fingerprint density at radius 1 is 1.32 bits per heavy atom. The summed E-state index contributed by atoms with van der Waals surface area (Å²) in [6.07, 6.45) is 7.81. The van der Waals surface area contributed by atoms with Gasteiger partial charge in [0.2, 0.25) is 0 Å². The summed E-state index contributed by atoms with van der Waals surface area (Å²) in [5.41, 5.74) is 1.29. The number of H-pyrrole nitrogens is 1. The van der Waals surface area contributed by atoms with Gasteiger partial charge in [-0.3, -0.25) is 4.79 Å². The third-order valence-electron chi connectivity index (χ3n) is 3.85. The number of nitrogens with zero attached hydrogens (tertiary/aromatic N) is 2. The zero-order chi connectivity index (χ0) is 15.2. The second-order valence-electron chi connectivity index (χ2n) is 5.55. The largest absolute Gasteiger partial charge is 0.490 e. The highest BCUT2D eigenvalue weighted by molar-refractivity contribution is 5.94. The van der Waals surface area contributed by atoms with Crippen LogP contribution in [0.1, 0.15) is 48.2 Å². The minimum atomic E-state index is -0.142. The molecule has 116 valence electrons. The number of hydrogen-bond acceptors (Lipinski definition) is 4. The number of carbonyl (C=O) groups excluding carboxylic acids is 1. The lowest BCUT2D eigenvalue weighted by molar-refractivity contribution is 0.0949. The summed E-state index contributed by atoms with van der Waals surface area (Å²) in [6, 6.07) is 7.34. The molecule has 0 bridgehead atoms. The molecule has 1 saturated carbocycles. The molecule has 0 atom stereocenters. The van der Waals surface area contributed by atoms with E-state index in [-0.39, 0.29) is 12.0 Å². The van der Waals surface area contributed by atoms with E-state index >= 15 is 0 Å². The normalized spacial score (nSPS) is 15.5. The fourth-order valence-electron chi connectivity index (χ4n) is 2.67. The number of aromatic nitrogens is 3. The molecule has 2 N–H and O–H groups in total. The van der Waals surface area contributed by atoms with Gasteiger partial charge in [-0.1, -0.05) is 12.5 Å². The van der Waals surface area contributed by atoms with E-state index in [2.05, 4.69) is 20.7 Å². The first-order chi connectivity index (χ1) is 10.8. The second kappa shape index (κ2) is 7.06. The minimum Gasteiger partial charge on any atom is -0.490 e. The van der Waals surface area contributed by atoms with Gasteiger partial charge in [0, 0.05) is 5.56 Å². The van der Waals surface area contributed by atoms with E-state index in [4.69, 9.17) is 4.74 Å². The van der Waals surface area contributed by atoms with Crippen LogP contribution < -0.4 is 10.1 Å². The molecule has 0 spiro atoms. The average Bonchev–Trinajstić information content (AvgIpc) is 3.07. The van der Waals surface area contributed by atoms with E-state index in [0.717, 1.165) is 18.6 Å². The Morgan fingerprint density at radius 3 is 2.95 bits per heavy atom. The summed E-state index contributed by atoms with van der Waals surface area (Å²) in [7, 11) is 0. The van der Waals surface area contributed by atoms with Crippen LogP contribution in [0.25, 0.3) is 0 Å². The van der Waals surface area contributed by atoms with Crippen molar-refractivity contribution in [2.24, 2.45) is 0 Å². The van der Waals surface area contributed by atoms with Gasteiger partial charge in [0.15, 0.2) is 0 Å². The molecule has 3 rings (SSSR count). The van der Waals surface area contributed by atoms with Gasteiger partial charge in [-0.05, 0) is 43.9 Å². The van der Waals surface area contributed by atoms with Gasteiger partial charge >= 0.3 is 0 Å². The summed E-state index contributed by atoms with van der Waals surface area (Å²) in [4.78, 5) is 12.2. The molecule has 6 heteroatoms. The van der Waals surface area contributed by atoms with Gasteiger partial charge in [-0.15, -0.1) is 0 Å². The summed E-state index contributed by atoms with van der Waals surface area (Å²) >= 11 is 0. The summed E-state index contributed by atoms with van der Waals surface area (Å²) in [5.74, 6) is 0.623. The van der Waals surface area contributed by atoms with E-state index in [1.807, 2.05) is 12.1 Å². The summed E-state index contributed by atoms with van der Waals surface area (Å²) < 4.78 is 5.99. The lowest BCUT2D eigenvalue weighted by atomic mass is 9.98. The molecule has 1 amide bonds. The van der Waals surface area contributed by atoms with E-state index in [0.29, 0.717) is 17.8 Å². The number of ether oxygens (including phenoxy) is 1. The van der Waals surface area contributed by atoms with Gasteiger partial charge in [-0.2, -0.15) is 15.4 Å². The van der Waals surface area contributed by atoms with Crippen molar-refractivity contribution in [3.8, 4) is 5.75 Å². The van der Waals surface area contributed by atoms with Crippen molar-refractivity contribution in [3.63, 3.8) is 0 Å².